The Hall–Kier alpha value is -4.77. The quantitative estimate of drug-likeness (QED) is 0.123. The SMILES string of the molecule is CCCNC(C)N.CNCCn1c(-c2cccc(Oc3ccc(C(C)(C)C)cc3)c2)nc2cc(C(=O)N3CCN(c4ccc(F)cc4)CC3)ccc21. The van der Waals surface area contributed by atoms with Gasteiger partial charge in [0.2, 0.25) is 0 Å². The Labute approximate surface area is 308 Å². The number of rotatable bonds is 11. The van der Waals surface area contributed by atoms with E-state index >= 15 is 0 Å². The third-order valence-corrected chi connectivity index (χ3v) is 9.10. The van der Waals surface area contributed by atoms with E-state index in [1.54, 1.807) is 12.1 Å². The highest BCUT2D eigenvalue weighted by molar-refractivity contribution is 5.98. The molecule has 1 aromatic heterocycles. The van der Waals surface area contributed by atoms with Crippen LogP contribution in [0, 0.1) is 5.82 Å². The fourth-order valence-corrected chi connectivity index (χ4v) is 6.17. The lowest BCUT2D eigenvalue weighted by molar-refractivity contribution is 0.0747. The zero-order chi connectivity index (χ0) is 37.3. The number of anilines is 1. The van der Waals surface area contributed by atoms with Crippen LogP contribution < -0.4 is 26.0 Å². The van der Waals surface area contributed by atoms with Gasteiger partial charge in [-0.1, -0.05) is 52.0 Å². The number of nitrogens with one attached hydrogen (secondary N) is 2. The number of nitrogens with two attached hydrogens (primary N) is 1. The first kappa shape index (κ1) is 38.5. The first-order valence-corrected chi connectivity index (χ1v) is 18.3. The fraction of sp³-hybridized carbons (Fsp3) is 0.381. The van der Waals surface area contributed by atoms with E-state index in [0.29, 0.717) is 31.7 Å². The first-order chi connectivity index (χ1) is 25.0. The highest BCUT2D eigenvalue weighted by Crippen LogP contribution is 2.31. The average Bonchev–Trinajstić information content (AvgIpc) is 3.51. The number of piperazine rings is 1. The summed E-state index contributed by atoms with van der Waals surface area (Å²) < 4.78 is 21.8. The Balaban J connectivity index is 0.000000679. The van der Waals surface area contributed by atoms with E-state index in [9.17, 15) is 9.18 Å². The van der Waals surface area contributed by atoms with Crippen LogP contribution in [0.25, 0.3) is 22.4 Å². The Bertz CT molecular complexity index is 1890. The maximum Gasteiger partial charge on any atom is 0.254 e. The van der Waals surface area contributed by atoms with Crippen molar-refractivity contribution in [1.29, 1.82) is 0 Å². The number of hydrogen-bond donors (Lipinski definition) is 3. The normalized spacial score (nSPS) is 13.8. The minimum absolute atomic E-state index is 0.00476. The maximum absolute atomic E-state index is 13.6. The summed E-state index contributed by atoms with van der Waals surface area (Å²) in [6.07, 6.45) is 1.31. The van der Waals surface area contributed by atoms with E-state index in [0.717, 1.165) is 65.7 Å². The largest absolute Gasteiger partial charge is 0.457 e. The molecule has 276 valence electrons. The van der Waals surface area contributed by atoms with Crippen LogP contribution in [-0.2, 0) is 12.0 Å². The molecule has 1 unspecified atom stereocenters. The van der Waals surface area contributed by atoms with Gasteiger partial charge in [-0.2, -0.15) is 0 Å². The number of amides is 1. The molecule has 2 heterocycles. The van der Waals surface area contributed by atoms with Crippen LogP contribution >= 0.6 is 0 Å². The minimum atomic E-state index is -0.248. The number of halogens is 1. The van der Waals surface area contributed by atoms with Gasteiger partial charge in [0, 0.05) is 56.1 Å². The van der Waals surface area contributed by atoms with Gasteiger partial charge in [-0.05, 0) is 105 Å². The van der Waals surface area contributed by atoms with Crippen molar-refractivity contribution in [3.8, 4) is 22.9 Å². The lowest BCUT2D eigenvalue weighted by Gasteiger charge is -2.36. The molecule has 1 fully saturated rings. The molecule has 1 aliphatic rings. The van der Waals surface area contributed by atoms with Crippen LogP contribution in [0.1, 0.15) is 57.0 Å². The van der Waals surface area contributed by atoms with E-state index in [-0.39, 0.29) is 23.3 Å². The molecular weight excluding hydrogens is 654 g/mol. The second-order valence-corrected chi connectivity index (χ2v) is 14.3. The molecule has 0 radical (unpaired) electrons. The van der Waals surface area contributed by atoms with Crippen molar-refractivity contribution in [2.24, 2.45) is 5.73 Å². The van der Waals surface area contributed by atoms with E-state index in [1.807, 2.05) is 73.5 Å². The topological polar surface area (TPSA) is 101 Å². The number of fused-ring (bicyclic) bond motifs is 1. The summed E-state index contributed by atoms with van der Waals surface area (Å²) in [5.74, 6) is 2.09. The predicted octanol–water partition coefficient (Wildman–Crippen LogP) is 7.40. The van der Waals surface area contributed by atoms with Crippen LogP contribution in [-0.4, -0.2) is 72.8 Å². The highest BCUT2D eigenvalue weighted by Gasteiger charge is 2.24. The maximum atomic E-state index is 13.6. The summed E-state index contributed by atoms with van der Waals surface area (Å²) in [6.45, 7) is 15.8. The number of hydrogen-bond acceptors (Lipinski definition) is 7. The van der Waals surface area contributed by atoms with Crippen LogP contribution in [0.4, 0.5) is 10.1 Å². The Morgan fingerprint density at radius 3 is 2.25 bits per heavy atom. The minimum Gasteiger partial charge on any atom is -0.457 e. The van der Waals surface area contributed by atoms with Gasteiger partial charge in [0.05, 0.1) is 17.2 Å². The number of likely N-dealkylation sites (N-methyl/N-ethyl adjacent to an activating group) is 1. The summed E-state index contributed by atoms with van der Waals surface area (Å²) in [5.41, 5.74) is 11.0. The second kappa shape index (κ2) is 17.6. The fourth-order valence-electron chi connectivity index (χ4n) is 6.17. The van der Waals surface area contributed by atoms with Crippen LogP contribution in [0.5, 0.6) is 11.5 Å². The smallest absolute Gasteiger partial charge is 0.254 e. The van der Waals surface area contributed by atoms with Crippen molar-refractivity contribution in [2.75, 3.05) is 51.2 Å². The highest BCUT2D eigenvalue weighted by atomic mass is 19.1. The van der Waals surface area contributed by atoms with Crippen molar-refractivity contribution < 1.29 is 13.9 Å². The average molecular weight is 708 g/mol. The molecule has 0 spiro atoms. The van der Waals surface area contributed by atoms with Crippen molar-refractivity contribution in [2.45, 2.75) is 59.2 Å². The summed E-state index contributed by atoms with van der Waals surface area (Å²) in [7, 11) is 1.94. The van der Waals surface area contributed by atoms with Crippen molar-refractivity contribution in [3.05, 3.63) is 108 Å². The Morgan fingerprint density at radius 1 is 0.923 bits per heavy atom. The van der Waals surface area contributed by atoms with Gasteiger partial charge in [0.15, 0.2) is 0 Å². The van der Waals surface area contributed by atoms with Crippen molar-refractivity contribution >= 4 is 22.6 Å². The number of benzene rings is 4. The molecule has 4 aromatic carbocycles. The molecule has 10 heteroatoms. The molecule has 9 nitrogen and oxygen atoms in total. The summed E-state index contributed by atoms with van der Waals surface area (Å²) in [5, 5.41) is 6.32. The molecule has 0 saturated carbocycles. The molecule has 1 amide bonds. The third kappa shape index (κ3) is 9.97. The van der Waals surface area contributed by atoms with Gasteiger partial charge in [-0.3, -0.25) is 4.79 Å². The van der Waals surface area contributed by atoms with Crippen LogP contribution in [0.2, 0.25) is 0 Å². The number of ether oxygens (including phenoxy) is 1. The molecule has 1 atom stereocenters. The second-order valence-electron chi connectivity index (χ2n) is 14.3. The lowest BCUT2D eigenvalue weighted by Crippen LogP contribution is -2.48. The molecule has 0 aliphatic carbocycles. The molecule has 1 aliphatic heterocycles. The predicted molar refractivity (Wildman–Crippen MR) is 211 cm³/mol. The Kier molecular flexibility index (Phi) is 13.0. The molecule has 4 N–H and O–H groups in total. The van der Waals surface area contributed by atoms with Crippen LogP contribution in [0.15, 0.2) is 91.0 Å². The van der Waals surface area contributed by atoms with Gasteiger partial charge in [0.1, 0.15) is 23.1 Å². The molecule has 5 aromatic rings. The van der Waals surface area contributed by atoms with Gasteiger partial charge >= 0.3 is 0 Å². The summed E-state index contributed by atoms with van der Waals surface area (Å²) in [6, 6.07) is 28.6. The van der Waals surface area contributed by atoms with Gasteiger partial charge in [-0.15, -0.1) is 0 Å². The number of aromatic nitrogens is 2. The standard InChI is InChI=1S/C37H40FN5O2.C5H14N2/c1-37(2,3)28-9-15-31(16-10-28)45-32-7-5-6-26(24-32)35-40-33-25-27(8-17-34(33)43(35)19-18-39-4)36(44)42-22-20-41(21-23-42)30-13-11-29(38)12-14-30;1-3-4-7-5(2)6/h5-17,24-25,39H,18-23H2,1-4H3;5,7H,3-4,6H2,1-2H3. The number of nitrogens with zero attached hydrogens (tertiary/aromatic N) is 4. The molecule has 1 saturated heterocycles. The molecule has 6 rings (SSSR count). The van der Waals surface area contributed by atoms with Crippen molar-refractivity contribution in [1.82, 2.24) is 25.1 Å². The zero-order valence-electron chi connectivity index (χ0n) is 31.5. The van der Waals surface area contributed by atoms with Gasteiger partial charge in [-0.25, -0.2) is 9.37 Å². The number of carbonyl (C=O) groups excluding carboxylic acids is 1. The van der Waals surface area contributed by atoms with Crippen LogP contribution in [0.3, 0.4) is 0 Å². The molecular formula is C42H54FN7O2. The molecule has 52 heavy (non-hydrogen) atoms. The zero-order valence-corrected chi connectivity index (χ0v) is 31.5. The summed E-state index contributed by atoms with van der Waals surface area (Å²) in [4.78, 5) is 22.7. The van der Waals surface area contributed by atoms with Gasteiger partial charge < -0.3 is 35.5 Å². The number of imidazole rings is 1. The lowest BCUT2D eigenvalue weighted by atomic mass is 9.87. The number of carbonyl (C=O) groups is 1. The van der Waals surface area contributed by atoms with E-state index in [2.05, 4.69) is 59.9 Å². The Morgan fingerprint density at radius 2 is 1.63 bits per heavy atom. The third-order valence-electron chi connectivity index (χ3n) is 9.10. The monoisotopic (exact) mass is 707 g/mol. The molecule has 0 bridgehead atoms. The van der Waals surface area contributed by atoms with E-state index in [4.69, 9.17) is 15.5 Å². The first-order valence-electron chi connectivity index (χ1n) is 18.3. The van der Waals surface area contributed by atoms with E-state index < -0.39 is 0 Å². The van der Waals surface area contributed by atoms with Crippen molar-refractivity contribution in [3.63, 3.8) is 0 Å². The van der Waals surface area contributed by atoms with E-state index in [1.165, 1.54) is 17.7 Å². The van der Waals surface area contributed by atoms with Gasteiger partial charge in [0.25, 0.3) is 5.91 Å². The summed E-state index contributed by atoms with van der Waals surface area (Å²) >= 11 is 0.